The molecule has 5 nitrogen and oxygen atoms in total. The van der Waals surface area contributed by atoms with Crippen molar-refractivity contribution >= 4 is 6.03 Å². The summed E-state index contributed by atoms with van der Waals surface area (Å²) in [5.74, 6) is 0.191. The Hall–Kier alpha value is -2.44. The second kappa shape index (κ2) is 11.3. The summed E-state index contributed by atoms with van der Waals surface area (Å²) in [5.41, 5.74) is 3.09. The van der Waals surface area contributed by atoms with E-state index in [-0.39, 0.29) is 18.0 Å². The quantitative estimate of drug-likeness (QED) is 0.645. The number of carbonyl (C=O) groups is 1. The van der Waals surface area contributed by atoms with Crippen molar-refractivity contribution in [3.63, 3.8) is 0 Å². The molecular weight excluding hydrogens is 393 g/mol. The zero-order chi connectivity index (χ0) is 22.2. The first-order valence-electron chi connectivity index (χ1n) is 11.0. The Labute approximate surface area is 185 Å². The zero-order valence-electron chi connectivity index (χ0n) is 18.8. The maximum Gasteiger partial charge on any atom is 0.317 e. The Balaban J connectivity index is 1.58. The summed E-state index contributed by atoms with van der Waals surface area (Å²) in [5, 5.41) is 3.05. The lowest BCUT2D eigenvalue weighted by Crippen LogP contribution is -2.42. The van der Waals surface area contributed by atoms with Crippen LogP contribution in [0.2, 0.25) is 0 Å². The molecule has 0 aromatic heterocycles. The lowest BCUT2D eigenvalue weighted by Gasteiger charge is -2.26. The summed E-state index contributed by atoms with van der Waals surface area (Å²) in [6.45, 7) is 8.31. The van der Waals surface area contributed by atoms with Gasteiger partial charge < -0.3 is 19.9 Å². The number of nitrogens with one attached hydrogen (secondary N) is 1. The number of carbonyl (C=O) groups excluding carboxylic acids is 1. The first-order valence-corrected chi connectivity index (χ1v) is 11.0. The van der Waals surface area contributed by atoms with E-state index < -0.39 is 0 Å². The minimum atomic E-state index is -0.264. The number of likely N-dealkylation sites (tertiary alicyclic amines) is 1. The molecule has 0 spiro atoms. The van der Waals surface area contributed by atoms with Crippen molar-refractivity contribution in [1.82, 2.24) is 15.1 Å². The Bertz CT molecular complexity index is 824. The predicted octanol–water partition coefficient (Wildman–Crippen LogP) is 4.41. The second-order valence-corrected chi connectivity index (χ2v) is 8.76. The Morgan fingerprint density at radius 2 is 1.77 bits per heavy atom. The van der Waals surface area contributed by atoms with Gasteiger partial charge in [-0.05, 0) is 68.6 Å². The monoisotopic (exact) mass is 427 g/mol. The number of hydrogen-bond acceptors (Lipinski definition) is 3. The Kier molecular flexibility index (Phi) is 8.43. The highest BCUT2D eigenvalue weighted by atomic mass is 19.1. The average molecular weight is 428 g/mol. The largest absolute Gasteiger partial charge is 0.374 e. The Morgan fingerprint density at radius 1 is 1.13 bits per heavy atom. The van der Waals surface area contributed by atoms with Gasteiger partial charge in [0.1, 0.15) is 5.82 Å². The van der Waals surface area contributed by atoms with Crippen LogP contribution in [0.4, 0.5) is 9.18 Å². The number of benzene rings is 2. The first kappa shape index (κ1) is 23.2. The van der Waals surface area contributed by atoms with Crippen LogP contribution in [0.5, 0.6) is 0 Å². The molecule has 1 aliphatic heterocycles. The topological polar surface area (TPSA) is 44.8 Å². The number of halogens is 1. The van der Waals surface area contributed by atoms with Crippen LogP contribution in [0.3, 0.4) is 0 Å². The molecule has 0 saturated carbocycles. The fourth-order valence-corrected chi connectivity index (χ4v) is 3.82. The van der Waals surface area contributed by atoms with Crippen molar-refractivity contribution in [1.29, 1.82) is 0 Å². The van der Waals surface area contributed by atoms with E-state index >= 15 is 0 Å². The van der Waals surface area contributed by atoms with Gasteiger partial charge in [0, 0.05) is 26.2 Å². The SMILES string of the molecule is CC(C)OCc1ccc(CNC(=O)N(Cc2ccc(F)cc2)CC2CCN(C)C2)cc1. The molecule has 2 aromatic carbocycles. The van der Waals surface area contributed by atoms with Gasteiger partial charge in [0.25, 0.3) is 0 Å². The third-order valence-corrected chi connectivity index (χ3v) is 5.59. The third-order valence-electron chi connectivity index (χ3n) is 5.59. The Morgan fingerprint density at radius 3 is 2.39 bits per heavy atom. The molecule has 1 aliphatic rings. The maximum atomic E-state index is 13.3. The number of urea groups is 1. The molecular formula is C25H34FN3O2. The molecule has 0 aliphatic carbocycles. The van der Waals surface area contributed by atoms with E-state index in [4.69, 9.17) is 4.74 Å². The molecule has 1 fully saturated rings. The van der Waals surface area contributed by atoms with Gasteiger partial charge in [-0.25, -0.2) is 9.18 Å². The fraction of sp³-hybridized carbons (Fsp3) is 0.480. The number of hydrogen-bond donors (Lipinski definition) is 1. The first-order chi connectivity index (χ1) is 14.9. The summed E-state index contributed by atoms with van der Waals surface area (Å²) in [6, 6.07) is 14.4. The third kappa shape index (κ3) is 7.64. The fourth-order valence-electron chi connectivity index (χ4n) is 3.82. The van der Waals surface area contributed by atoms with E-state index in [1.165, 1.54) is 12.1 Å². The molecule has 1 atom stereocenters. The molecule has 0 radical (unpaired) electrons. The van der Waals surface area contributed by atoms with Gasteiger partial charge in [-0.15, -0.1) is 0 Å². The molecule has 2 amide bonds. The van der Waals surface area contributed by atoms with Crippen molar-refractivity contribution < 1.29 is 13.9 Å². The summed E-state index contributed by atoms with van der Waals surface area (Å²) in [4.78, 5) is 17.2. The smallest absolute Gasteiger partial charge is 0.317 e. The van der Waals surface area contributed by atoms with Crippen LogP contribution in [0.25, 0.3) is 0 Å². The molecule has 1 unspecified atom stereocenters. The summed E-state index contributed by atoms with van der Waals surface area (Å²) in [6.07, 6.45) is 1.29. The highest BCUT2D eigenvalue weighted by Gasteiger charge is 2.24. The van der Waals surface area contributed by atoms with Gasteiger partial charge in [-0.2, -0.15) is 0 Å². The van der Waals surface area contributed by atoms with E-state index in [1.807, 2.05) is 43.0 Å². The second-order valence-electron chi connectivity index (χ2n) is 8.76. The van der Waals surface area contributed by atoms with Crippen LogP contribution in [0.15, 0.2) is 48.5 Å². The van der Waals surface area contributed by atoms with Crippen molar-refractivity contribution in [3.05, 3.63) is 71.0 Å². The highest BCUT2D eigenvalue weighted by molar-refractivity contribution is 5.74. The molecule has 168 valence electrons. The van der Waals surface area contributed by atoms with Crippen LogP contribution in [-0.4, -0.2) is 48.6 Å². The minimum Gasteiger partial charge on any atom is -0.374 e. The van der Waals surface area contributed by atoms with Gasteiger partial charge in [0.15, 0.2) is 0 Å². The number of ether oxygens (including phenoxy) is 1. The molecule has 3 rings (SSSR count). The van der Waals surface area contributed by atoms with Crippen LogP contribution >= 0.6 is 0 Å². The van der Waals surface area contributed by atoms with Crippen molar-refractivity contribution in [3.8, 4) is 0 Å². The van der Waals surface area contributed by atoms with E-state index in [2.05, 4.69) is 17.3 Å². The van der Waals surface area contributed by atoms with Gasteiger partial charge in [-0.1, -0.05) is 36.4 Å². The van der Waals surface area contributed by atoms with Crippen molar-refractivity contribution in [2.45, 2.75) is 46.1 Å². The maximum absolute atomic E-state index is 13.3. The standard InChI is InChI=1S/C25H34FN3O2/c1-19(2)31-18-22-6-4-20(5-7-22)14-27-25(30)29(17-23-12-13-28(3)15-23)16-21-8-10-24(26)11-9-21/h4-11,19,23H,12-18H2,1-3H3,(H,27,30). The van der Waals surface area contributed by atoms with Gasteiger partial charge in [-0.3, -0.25) is 0 Å². The van der Waals surface area contributed by atoms with Gasteiger partial charge in [0.2, 0.25) is 0 Å². The number of rotatable bonds is 9. The normalized spacial score (nSPS) is 16.6. The van der Waals surface area contributed by atoms with E-state index in [0.29, 0.717) is 32.2 Å². The van der Waals surface area contributed by atoms with Crippen molar-refractivity contribution in [2.24, 2.45) is 5.92 Å². The zero-order valence-corrected chi connectivity index (χ0v) is 18.8. The van der Waals surface area contributed by atoms with Crippen LogP contribution in [0.1, 0.15) is 37.0 Å². The lowest BCUT2D eigenvalue weighted by molar-refractivity contribution is 0.0657. The van der Waals surface area contributed by atoms with Gasteiger partial charge in [0.05, 0.1) is 12.7 Å². The van der Waals surface area contributed by atoms with Crippen LogP contribution in [-0.2, 0) is 24.4 Å². The molecule has 1 N–H and O–H groups in total. The molecule has 1 heterocycles. The minimum absolute atomic E-state index is 0.0916. The molecule has 31 heavy (non-hydrogen) atoms. The van der Waals surface area contributed by atoms with E-state index in [1.54, 1.807) is 12.1 Å². The summed E-state index contributed by atoms with van der Waals surface area (Å²) in [7, 11) is 2.11. The molecule has 1 saturated heterocycles. The number of nitrogens with zero attached hydrogens (tertiary/aromatic N) is 2. The van der Waals surface area contributed by atoms with E-state index in [0.717, 1.165) is 36.2 Å². The molecule has 2 aromatic rings. The predicted molar refractivity (Wildman–Crippen MR) is 121 cm³/mol. The molecule has 0 bridgehead atoms. The number of amides is 2. The van der Waals surface area contributed by atoms with Crippen LogP contribution < -0.4 is 5.32 Å². The van der Waals surface area contributed by atoms with E-state index in [9.17, 15) is 9.18 Å². The summed E-state index contributed by atoms with van der Waals surface area (Å²) >= 11 is 0. The van der Waals surface area contributed by atoms with Gasteiger partial charge >= 0.3 is 6.03 Å². The van der Waals surface area contributed by atoms with Crippen molar-refractivity contribution in [2.75, 3.05) is 26.7 Å². The average Bonchev–Trinajstić information content (AvgIpc) is 3.17. The lowest BCUT2D eigenvalue weighted by atomic mass is 10.1. The molecule has 6 heteroatoms. The van der Waals surface area contributed by atoms with Crippen LogP contribution in [0, 0.1) is 11.7 Å². The summed E-state index contributed by atoms with van der Waals surface area (Å²) < 4.78 is 18.9. The highest BCUT2D eigenvalue weighted by Crippen LogP contribution is 2.18.